The van der Waals surface area contributed by atoms with Crippen molar-refractivity contribution in [1.82, 2.24) is 14.8 Å². The zero-order valence-electron chi connectivity index (χ0n) is 17.1. The molecule has 0 aliphatic carbocycles. The Morgan fingerprint density at radius 2 is 1.68 bits per heavy atom. The van der Waals surface area contributed by atoms with Crippen molar-refractivity contribution >= 4 is 22.9 Å². The van der Waals surface area contributed by atoms with Gasteiger partial charge in [-0.3, -0.25) is 9.78 Å². The maximum absolute atomic E-state index is 13.2. The van der Waals surface area contributed by atoms with Gasteiger partial charge >= 0.3 is 6.09 Å². The van der Waals surface area contributed by atoms with E-state index in [1.54, 1.807) is 4.90 Å². The minimum absolute atomic E-state index is 0.00398. The van der Waals surface area contributed by atoms with E-state index in [4.69, 9.17) is 9.72 Å². The summed E-state index contributed by atoms with van der Waals surface area (Å²) >= 11 is 0. The Labute approximate surface area is 166 Å². The Morgan fingerprint density at radius 3 is 2.32 bits per heavy atom. The fraction of sp³-hybridized carbons (Fsp3) is 0.500. The summed E-state index contributed by atoms with van der Waals surface area (Å²) in [5.41, 5.74) is 2.44. The molecule has 0 atom stereocenters. The monoisotopic (exact) mass is 383 g/mol. The van der Waals surface area contributed by atoms with Crippen LogP contribution in [-0.4, -0.2) is 59.6 Å². The summed E-state index contributed by atoms with van der Waals surface area (Å²) in [6.07, 6.45) is -0.294. The Hall–Kier alpha value is -2.63. The van der Waals surface area contributed by atoms with Gasteiger partial charge in [0, 0.05) is 37.3 Å². The molecule has 0 unspecified atom stereocenters. The number of amides is 2. The number of benzene rings is 1. The smallest absolute Gasteiger partial charge is 0.409 e. The second kappa shape index (κ2) is 8.59. The molecule has 1 saturated heterocycles. The third-order valence-corrected chi connectivity index (χ3v) is 4.92. The molecule has 0 saturated carbocycles. The van der Waals surface area contributed by atoms with Gasteiger partial charge in [-0.1, -0.05) is 45.9 Å². The van der Waals surface area contributed by atoms with E-state index >= 15 is 0 Å². The lowest BCUT2D eigenvalue weighted by Crippen LogP contribution is -2.50. The van der Waals surface area contributed by atoms with E-state index in [-0.39, 0.29) is 17.9 Å². The van der Waals surface area contributed by atoms with E-state index < -0.39 is 0 Å². The number of hydrogen-bond acceptors (Lipinski definition) is 4. The summed E-state index contributed by atoms with van der Waals surface area (Å²) in [5, 5.41) is 0.871. The number of rotatable bonds is 4. The number of nitrogens with zero attached hydrogens (tertiary/aromatic N) is 3. The van der Waals surface area contributed by atoms with Crippen molar-refractivity contribution < 1.29 is 14.3 Å². The predicted octanol–water partition coefficient (Wildman–Crippen LogP) is 3.91. The van der Waals surface area contributed by atoms with Crippen molar-refractivity contribution in [3.8, 4) is 0 Å². The van der Waals surface area contributed by atoms with Crippen LogP contribution in [0.1, 0.15) is 49.7 Å². The Kier molecular flexibility index (Phi) is 6.17. The molecule has 3 rings (SSSR count). The summed E-state index contributed by atoms with van der Waals surface area (Å²) in [4.78, 5) is 33.6. The predicted molar refractivity (Wildman–Crippen MR) is 109 cm³/mol. The highest BCUT2D eigenvalue weighted by Crippen LogP contribution is 2.24. The minimum Gasteiger partial charge on any atom is -0.449 e. The highest BCUT2D eigenvalue weighted by atomic mass is 16.6. The first-order chi connectivity index (χ1) is 13.4. The molecule has 1 aliphatic heterocycles. The highest BCUT2D eigenvalue weighted by Gasteiger charge is 2.27. The van der Waals surface area contributed by atoms with Gasteiger partial charge in [0.05, 0.1) is 17.7 Å². The summed E-state index contributed by atoms with van der Waals surface area (Å²) in [5.74, 6) is 0.543. The number of hydrogen-bond donors (Lipinski definition) is 0. The van der Waals surface area contributed by atoms with Crippen LogP contribution in [-0.2, 0) is 4.74 Å². The molecule has 150 valence electrons. The van der Waals surface area contributed by atoms with Gasteiger partial charge in [-0.05, 0) is 24.0 Å². The average Bonchev–Trinajstić information content (AvgIpc) is 2.70. The molecule has 0 radical (unpaired) electrons. The molecular formula is C22H29N3O3. The first kappa shape index (κ1) is 20.1. The summed E-state index contributed by atoms with van der Waals surface area (Å²) in [7, 11) is 0. The fourth-order valence-corrected chi connectivity index (χ4v) is 3.26. The molecule has 2 amide bonds. The molecule has 1 aromatic carbocycles. The average molecular weight is 383 g/mol. The third-order valence-electron chi connectivity index (χ3n) is 4.92. The number of pyridine rings is 1. The SMILES string of the molecule is CC(C)COC(=O)N1CCN(C(=O)c2cc(C(C)C)nc3ccccc23)CC1. The van der Waals surface area contributed by atoms with Crippen molar-refractivity contribution in [3.63, 3.8) is 0 Å². The van der Waals surface area contributed by atoms with E-state index in [2.05, 4.69) is 13.8 Å². The zero-order chi connectivity index (χ0) is 20.3. The lowest BCUT2D eigenvalue weighted by Gasteiger charge is -2.34. The van der Waals surface area contributed by atoms with Gasteiger partial charge in [-0.25, -0.2) is 4.79 Å². The molecule has 0 spiro atoms. The normalized spacial score (nSPS) is 14.8. The lowest BCUT2D eigenvalue weighted by molar-refractivity contribution is 0.0536. The molecule has 0 N–H and O–H groups in total. The molecule has 1 aliphatic rings. The van der Waals surface area contributed by atoms with Crippen LogP contribution >= 0.6 is 0 Å². The third kappa shape index (κ3) is 4.43. The van der Waals surface area contributed by atoms with Crippen LogP contribution in [0.25, 0.3) is 10.9 Å². The number of carbonyl (C=O) groups excluding carboxylic acids is 2. The van der Waals surface area contributed by atoms with Crippen LogP contribution in [0.15, 0.2) is 30.3 Å². The van der Waals surface area contributed by atoms with E-state index in [1.807, 2.05) is 49.1 Å². The Balaban J connectivity index is 1.74. The number of ether oxygens (including phenoxy) is 1. The van der Waals surface area contributed by atoms with Crippen LogP contribution in [0.3, 0.4) is 0 Å². The van der Waals surface area contributed by atoms with Crippen LogP contribution in [0.5, 0.6) is 0 Å². The van der Waals surface area contributed by atoms with Crippen LogP contribution in [0.2, 0.25) is 0 Å². The highest BCUT2D eigenvalue weighted by molar-refractivity contribution is 6.06. The molecular weight excluding hydrogens is 354 g/mol. The van der Waals surface area contributed by atoms with Crippen LogP contribution in [0.4, 0.5) is 4.79 Å². The fourth-order valence-electron chi connectivity index (χ4n) is 3.26. The van der Waals surface area contributed by atoms with Crippen molar-refractivity contribution in [2.24, 2.45) is 5.92 Å². The van der Waals surface area contributed by atoms with Gasteiger partial charge in [-0.2, -0.15) is 0 Å². The first-order valence-electron chi connectivity index (χ1n) is 9.97. The number of carbonyl (C=O) groups is 2. The van der Waals surface area contributed by atoms with E-state index in [9.17, 15) is 9.59 Å². The van der Waals surface area contributed by atoms with Gasteiger partial charge in [0.15, 0.2) is 0 Å². The second-order valence-corrected chi connectivity index (χ2v) is 8.02. The Morgan fingerprint density at radius 1 is 1.04 bits per heavy atom. The first-order valence-corrected chi connectivity index (χ1v) is 9.97. The molecule has 2 heterocycles. The molecule has 28 heavy (non-hydrogen) atoms. The summed E-state index contributed by atoms with van der Waals surface area (Å²) in [6.45, 7) is 10.6. The Bertz CT molecular complexity index is 855. The van der Waals surface area contributed by atoms with Gasteiger partial charge in [0.25, 0.3) is 5.91 Å². The maximum Gasteiger partial charge on any atom is 0.409 e. The van der Waals surface area contributed by atoms with E-state index in [1.165, 1.54) is 0 Å². The number of para-hydroxylation sites is 1. The van der Waals surface area contributed by atoms with Crippen molar-refractivity contribution in [3.05, 3.63) is 41.6 Å². The minimum atomic E-state index is -0.294. The molecule has 2 aromatic rings. The zero-order valence-corrected chi connectivity index (χ0v) is 17.1. The summed E-state index contributed by atoms with van der Waals surface area (Å²) < 4.78 is 5.30. The van der Waals surface area contributed by atoms with Gasteiger partial charge < -0.3 is 14.5 Å². The topological polar surface area (TPSA) is 62.7 Å². The lowest BCUT2D eigenvalue weighted by atomic mass is 10.0. The molecule has 6 heteroatoms. The van der Waals surface area contributed by atoms with E-state index in [0.29, 0.717) is 44.3 Å². The van der Waals surface area contributed by atoms with E-state index in [0.717, 1.165) is 16.6 Å². The van der Waals surface area contributed by atoms with Crippen molar-refractivity contribution in [2.75, 3.05) is 32.8 Å². The quantitative estimate of drug-likeness (QED) is 0.803. The summed E-state index contributed by atoms with van der Waals surface area (Å²) in [6, 6.07) is 9.67. The number of piperazine rings is 1. The van der Waals surface area contributed by atoms with Gasteiger partial charge in [0.2, 0.25) is 0 Å². The maximum atomic E-state index is 13.2. The van der Waals surface area contributed by atoms with Gasteiger partial charge in [-0.15, -0.1) is 0 Å². The largest absolute Gasteiger partial charge is 0.449 e. The van der Waals surface area contributed by atoms with Crippen molar-refractivity contribution in [2.45, 2.75) is 33.6 Å². The molecule has 1 fully saturated rings. The molecule has 1 aromatic heterocycles. The van der Waals surface area contributed by atoms with Crippen LogP contribution in [0, 0.1) is 5.92 Å². The molecule has 0 bridgehead atoms. The molecule has 6 nitrogen and oxygen atoms in total. The number of aromatic nitrogens is 1. The van der Waals surface area contributed by atoms with Crippen molar-refractivity contribution in [1.29, 1.82) is 0 Å². The number of fused-ring (bicyclic) bond motifs is 1. The standard InChI is InChI=1S/C22H29N3O3/c1-15(2)14-28-22(27)25-11-9-24(10-12-25)21(26)18-13-20(16(3)4)23-19-8-6-5-7-17(18)19/h5-8,13,15-16H,9-12,14H2,1-4H3. The van der Waals surface area contributed by atoms with Gasteiger partial charge in [0.1, 0.15) is 0 Å². The van der Waals surface area contributed by atoms with Crippen LogP contribution < -0.4 is 0 Å². The second-order valence-electron chi connectivity index (χ2n) is 8.02.